The second kappa shape index (κ2) is 12.4. The van der Waals surface area contributed by atoms with E-state index in [-0.39, 0.29) is 0 Å². The largest absolute Gasteiger partial charge is 0.456 e. The molecule has 0 atom stereocenters. The Bertz CT molecular complexity index is 3120. The van der Waals surface area contributed by atoms with Crippen LogP contribution in [0.15, 0.2) is 161 Å². The molecule has 0 N–H and O–H groups in total. The van der Waals surface area contributed by atoms with E-state index in [2.05, 4.69) is 69.0 Å². The van der Waals surface area contributed by atoms with E-state index >= 15 is 0 Å². The van der Waals surface area contributed by atoms with Crippen LogP contribution in [-0.2, 0) is 12.4 Å². The van der Waals surface area contributed by atoms with Crippen molar-refractivity contribution in [2.45, 2.75) is 12.4 Å². The maximum absolute atomic E-state index is 13.8. The van der Waals surface area contributed by atoms with Crippen LogP contribution < -0.4 is 4.90 Å². The van der Waals surface area contributed by atoms with Gasteiger partial charge in [0.1, 0.15) is 11.2 Å². The Labute approximate surface area is 322 Å². The van der Waals surface area contributed by atoms with E-state index in [1.54, 1.807) is 4.90 Å². The molecule has 56 heavy (non-hydrogen) atoms. The minimum atomic E-state index is -4.60. The van der Waals surface area contributed by atoms with Gasteiger partial charge in [0.25, 0.3) is 0 Å². The number of nitrogens with zero attached hydrogens (tertiary/aromatic N) is 2. The summed E-state index contributed by atoms with van der Waals surface area (Å²) in [6, 6.07) is 43.3. The Balaban J connectivity index is 1.35. The monoisotopic (exact) mass is 814 g/mol. The molecule has 0 aliphatic carbocycles. The molecule has 10 aromatic rings. The third-order valence-electron chi connectivity index (χ3n) is 10.5. The van der Waals surface area contributed by atoms with E-state index in [4.69, 9.17) is 4.42 Å². The van der Waals surface area contributed by atoms with Gasteiger partial charge in [0.15, 0.2) is 0 Å². The average molecular weight is 816 g/mol. The number of aromatic nitrogens is 1. The second-order valence-electron chi connectivity index (χ2n) is 13.7. The number of rotatable bonds is 4. The van der Waals surface area contributed by atoms with E-state index in [0.717, 1.165) is 67.6 Å². The molecule has 10 heteroatoms. The van der Waals surface area contributed by atoms with Crippen molar-refractivity contribution in [3.8, 4) is 5.69 Å². The number of anilines is 3. The lowest BCUT2D eigenvalue weighted by Crippen LogP contribution is -2.14. The van der Waals surface area contributed by atoms with Gasteiger partial charge in [0.05, 0.1) is 43.4 Å². The fourth-order valence-electron chi connectivity index (χ4n) is 7.94. The van der Waals surface area contributed by atoms with Crippen LogP contribution in [0.2, 0.25) is 0 Å². The van der Waals surface area contributed by atoms with Crippen LogP contribution in [0.4, 0.5) is 43.4 Å². The highest BCUT2D eigenvalue weighted by Crippen LogP contribution is 2.51. The Morgan fingerprint density at radius 2 is 1.04 bits per heavy atom. The van der Waals surface area contributed by atoms with Crippen LogP contribution >= 0.6 is 15.9 Å². The first-order valence-corrected chi connectivity index (χ1v) is 18.4. The summed E-state index contributed by atoms with van der Waals surface area (Å²) in [7, 11) is 0. The molecule has 3 nitrogen and oxygen atoms in total. The molecule has 0 unspecified atom stereocenters. The minimum absolute atomic E-state index is 0.293. The predicted octanol–water partition coefficient (Wildman–Crippen LogP) is 15.3. The van der Waals surface area contributed by atoms with Crippen molar-refractivity contribution >= 4 is 98.3 Å². The fraction of sp³-hybridized carbons (Fsp3) is 0.0435. The SMILES string of the molecule is FC(F)(F)c1ccc(N(c2ccc(C(F)(F)F)cc2)c2c(Br)c(-n3c4cc5ccccc5cc4c4c5ccccc5ccc43)cc3oc4ccccc4c23)cc1. The number of furan rings is 1. The summed E-state index contributed by atoms with van der Waals surface area (Å²) in [5.74, 6) is 0. The summed E-state index contributed by atoms with van der Waals surface area (Å²) in [4.78, 5) is 1.68. The maximum atomic E-state index is 13.8. The lowest BCUT2D eigenvalue weighted by molar-refractivity contribution is -0.138. The number of benzene rings is 8. The van der Waals surface area contributed by atoms with E-state index in [1.807, 2.05) is 54.6 Å². The molecule has 10 rings (SSSR count). The van der Waals surface area contributed by atoms with Crippen LogP contribution in [0.1, 0.15) is 11.1 Å². The zero-order chi connectivity index (χ0) is 38.5. The summed E-state index contributed by atoms with van der Waals surface area (Å²) >= 11 is 3.99. The summed E-state index contributed by atoms with van der Waals surface area (Å²) < 4.78 is 92.3. The van der Waals surface area contributed by atoms with Crippen molar-refractivity contribution in [2.24, 2.45) is 0 Å². The van der Waals surface area contributed by atoms with Crippen LogP contribution in [0.5, 0.6) is 0 Å². The minimum Gasteiger partial charge on any atom is -0.456 e. The van der Waals surface area contributed by atoms with Crippen molar-refractivity contribution in [3.63, 3.8) is 0 Å². The highest BCUT2D eigenvalue weighted by Gasteiger charge is 2.33. The topological polar surface area (TPSA) is 21.3 Å². The van der Waals surface area contributed by atoms with E-state index < -0.39 is 23.5 Å². The summed E-state index contributed by atoms with van der Waals surface area (Å²) in [5, 5.41) is 7.58. The van der Waals surface area contributed by atoms with Crippen molar-refractivity contribution in [2.75, 3.05) is 4.90 Å². The van der Waals surface area contributed by atoms with Crippen molar-refractivity contribution < 1.29 is 30.8 Å². The summed E-state index contributed by atoms with van der Waals surface area (Å²) in [6.07, 6.45) is -9.20. The molecule has 0 amide bonds. The normalized spacial score (nSPS) is 12.6. The fourth-order valence-corrected chi connectivity index (χ4v) is 8.61. The number of para-hydroxylation sites is 1. The zero-order valence-corrected chi connectivity index (χ0v) is 30.5. The Morgan fingerprint density at radius 3 is 1.66 bits per heavy atom. The summed E-state index contributed by atoms with van der Waals surface area (Å²) in [6.45, 7) is 0. The molecule has 0 aliphatic heterocycles. The highest BCUT2D eigenvalue weighted by molar-refractivity contribution is 9.10. The molecular weight excluding hydrogens is 790 g/mol. The van der Waals surface area contributed by atoms with Gasteiger partial charge in [-0.05, 0) is 110 Å². The molecule has 0 saturated heterocycles. The first-order chi connectivity index (χ1) is 27.0. The maximum Gasteiger partial charge on any atom is 0.416 e. The first kappa shape index (κ1) is 34.2. The van der Waals surface area contributed by atoms with Gasteiger partial charge in [-0.15, -0.1) is 0 Å². The Hall–Kier alpha value is -6.26. The van der Waals surface area contributed by atoms with Gasteiger partial charge in [-0.25, -0.2) is 0 Å². The van der Waals surface area contributed by atoms with Gasteiger partial charge in [-0.2, -0.15) is 26.3 Å². The van der Waals surface area contributed by atoms with E-state index in [9.17, 15) is 26.3 Å². The molecular formula is C46H25BrF6N2O. The molecule has 0 saturated carbocycles. The van der Waals surface area contributed by atoms with Gasteiger partial charge in [0, 0.05) is 33.6 Å². The molecule has 2 aromatic heterocycles. The molecule has 274 valence electrons. The third-order valence-corrected chi connectivity index (χ3v) is 11.2. The molecule has 0 spiro atoms. The standard InChI is InChI=1S/C46H25BrF6N2O/c47-43-38(55-36-22-13-26-7-3-4-10-33(26)41(36)35-23-27-8-1-2-9-28(27)24-37(35)55)25-40-42(34-11-5-6-12-39(34)56-40)44(43)54(31-18-14-29(15-19-31)45(48,49)50)32-20-16-30(17-21-32)46(51,52)53/h1-25H. The van der Waals surface area contributed by atoms with Gasteiger partial charge < -0.3 is 13.9 Å². The molecule has 2 heterocycles. The Kier molecular flexibility index (Phi) is 7.57. The number of hydrogen-bond donors (Lipinski definition) is 0. The van der Waals surface area contributed by atoms with Crippen molar-refractivity contribution in [3.05, 3.63) is 167 Å². The third kappa shape index (κ3) is 5.34. The number of fused-ring (bicyclic) bond motifs is 9. The van der Waals surface area contributed by atoms with Gasteiger partial charge >= 0.3 is 12.4 Å². The molecule has 0 bridgehead atoms. The van der Waals surface area contributed by atoms with Crippen LogP contribution in [0, 0.1) is 0 Å². The van der Waals surface area contributed by atoms with Gasteiger partial charge in [-0.3, -0.25) is 0 Å². The Morgan fingerprint density at radius 1 is 0.482 bits per heavy atom. The molecule has 0 fully saturated rings. The van der Waals surface area contributed by atoms with Crippen molar-refractivity contribution in [1.29, 1.82) is 0 Å². The molecule has 0 radical (unpaired) electrons. The van der Waals surface area contributed by atoms with Crippen LogP contribution in [0.25, 0.3) is 71.0 Å². The molecule has 8 aromatic carbocycles. The quantitative estimate of drug-likeness (QED) is 0.165. The first-order valence-electron chi connectivity index (χ1n) is 17.6. The lowest BCUT2D eigenvalue weighted by atomic mass is 10.0. The van der Waals surface area contributed by atoms with Crippen molar-refractivity contribution in [1.82, 2.24) is 4.57 Å². The second-order valence-corrected chi connectivity index (χ2v) is 14.5. The highest BCUT2D eigenvalue weighted by atomic mass is 79.9. The predicted molar refractivity (Wildman–Crippen MR) is 215 cm³/mol. The van der Waals surface area contributed by atoms with Crippen LogP contribution in [0.3, 0.4) is 0 Å². The van der Waals surface area contributed by atoms with Gasteiger partial charge in [-0.1, -0.05) is 72.8 Å². The van der Waals surface area contributed by atoms with E-state index in [1.165, 1.54) is 24.3 Å². The number of hydrogen-bond acceptors (Lipinski definition) is 2. The number of halogens is 7. The van der Waals surface area contributed by atoms with E-state index in [0.29, 0.717) is 49.2 Å². The number of alkyl halides is 6. The lowest BCUT2D eigenvalue weighted by Gasteiger charge is -2.29. The van der Waals surface area contributed by atoms with Gasteiger partial charge in [0.2, 0.25) is 0 Å². The van der Waals surface area contributed by atoms with Crippen LogP contribution in [-0.4, -0.2) is 4.57 Å². The smallest absolute Gasteiger partial charge is 0.416 e. The average Bonchev–Trinajstić information content (AvgIpc) is 3.72. The molecule has 0 aliphatic rings. The zero-order valence-electron chi connectivity index (χ0n) is 28.9. The summed E-state index contributed by atoms with van der Waals surface area (Å²) in [5.41, 5.74) is 2.82.